The smallest absolute Gasteiger partial charge is 0.331 e. The van der Waals surface area contributed by atoms with Crippen LogP contribution in [0, 0.1) is 0 Å². The van der Waals surface area contributed by atoms with E-state index < -0.39 is 15.2 Å². The number of nitrogens with zero attached hydrogens (tertiary/aromatic N) is 1. The summed E-state index contributed by atoms with van der Waals surface area (Å²) in [6.07, 6.45) is 0. The molecule has 14 heavy (non-hydrogen) atoms. The minimum Gasteiger partial charge on any atom is -0.427 e. The van der Waals surface area contributed by atoms with Gasteiger partial charge in [-0.1, -0.05) is 11.6 Å². The zero-order valence-electron chi connectivity index (χ0n) is 6.77. The second-order valence-electron chi connectivity index (χ2n) is 2.64. The summed E-state index contributed by atoms with van der Waals surface area (Å²) in [6.45, 7) is 0. The predicted molar refractivity (Wildman–Crippen MR) is 50.4 cm³/mol. The maximum Gasteiger partial charge on any atom is 0.331 e. The van der Waals surface area contributed by atoms with E-state index in [4.69, 9.17) is 21.2 Å². The molecule has 2 aromatic rings. The largest absolute Gasteiger partial charge is 0.427 e. The Balaban J connectivity index is 2.75. The molecular formula is C7H5ClN2O3S. The number of oxazole rings is 1. The summed E-state index contributed by atoms with van der Waals surface area (Å²) < 4.78 is 26.7. The number of fused-ring (bicyclic) bond motifs is 1. The average Bonchev–Trinajstić information content (AvgIpc) is 2.45. The fourth-order valence-electron chi connectivity index (χ4n) is 1.00. The van der Waals surface area contributed by atoms with Crippen LogP contribution in [0.3, 0.4) is 0 Å². The standard InChI is InChI=1S/C7H5ClN2O3S/c8-4-1-2-6-5(3-4)10-7(13-6)14(9,11)12/h1-3H,(H2,9,11,12). The molecule has 5 nitrogen and oxygen atoms in total. The minimum atomic E-state index is -3.90. The van der Waals surface area contributed by atoms with Crippen LogP contribution in [0.2, 0.25) is 5.02 Å². The van der Waals surface area contributed by atoms with Gasteiger partial charge in [0, 0.05) is 5.02 Å². The molecule has 0 spiro atoms. The van der Waals surface area contributed by atoms with E-state index in [1.54, 1.807) is 6.07 Å². The number of rotatable bonds is 1. The van der Waals surface area contributed by atoms with Gasteiger partial charge in [0.05, 0.1) is 0 Å². The highest BCUT2D eigenvalue weighted by atomic mass is 35.5. The van der Waals surface area contributed by atoms with Gasteiger partial charge in [0.1, 0.15) is 5.52 Å². The Labute approximate surface area is 84.5 Å². The third-order valence-electron chi connectivity index (χ3n) is 1.57. The molecule has 1 aromatic heterocycles. The van der Waals surface area contributed by atoms with Gasteiger partial charge < -0.3 is 4.42 Å². The maximum atomic E-state index is 10.9. The average molecular weight is 233 g/mol. The van der Waals surface area contributed by atoms with Crippen molar-refractivity contribution in [2.45, 2.75) is 5.22 Å². The SMILES string of the molecule is NS(=O)(=O)c1nc2cc(Cl)ccc2o1. The summed E-state index contributed by atoms with van der Waals surface area (Å²) in [5.74, 6) is 0. The van der Waals surface area contributed by atoms with Crippen LogP contribution in [0.1, 0.15) is 0 Å². The highest BCUT2D eigenvalue weighted by Crippen LogP contribution is 2.21. The molecule has 0 atom stereocenters. The Morgan fingerprint density at radius 2 is 2.14 bits per heavy atom. The predicted octanol–water partition coefficient (Wildman–Crippen LogP) is 1.13. The summed E-state index contributed by atoms with van der Waals surface area (Å²) in [6, 6.07) is 4.59. The molecule has 74 valence electrons. The first-order chi connectivity index (χ1) is 6.47. The quantitative estimate of drug-likeness (QED) is 0.799. The Bertz CT molecular complexity index is 590. The molecule has 0 saturated heterocycles. The fourth-order valence-corrected chi connectivity index (χ4v) is 1.60. The van der Waals surface area contributed by atoms with Crippen LogP contribution in [0.15, 0.2) is 27.8 Å². The van der Waals surface area contributed by atoms with E-state index in [9.17, 15) is 8.42 Å². The second-order valence-corrected chi connectivity index (χ2v) is 4.51. The summed E-state index contributed by atoms with van der Waals surface area (Å²) in [5.41, 5.74) is 0.694. The molecule has 1 heterocycles. The minimum absolute atomic E-state index is 0.332. The molecule has 2 N–H and O–H groups in total. The first kappa shape index (κ1) is 9.45. The zero-order valence-corrected chi connectivity index (χ0v) is 8.34. The molecule has 0 saturated carbocycles. The number of nitrogens with two attached hydrogens (primary N) is 1. The maximum absolute atomic E-state index is 10.9. The van der Waals surface area contributed by atoms with Gasteiger partial charge in [-0.15, -0.1) is 0 Å². The van der Waals surface area contributed by atoms with E-state index in [-0.39, 0.29) is 0 Å². The number of hydrogen-bond acceptors (Lipinski definition) is 4. The van der Waals surface area contributed by atoms with Gasteiger partial charge in [0.15, 0.2) is 5.58 Å². The van der Waals surface area contributed by atoms with E-state index >= 15 is 0 Å². The van der Waals surface area contributed by atoms with Gasteiger partial charge in [-0.05, 0) is 18.2 Å². The lowest BCUT2D eigenvalue weighted by Crippen LogP contribution is -2.12. The van der Waals surface area contributed by atoms with Crippen molar-refractivity contribution in [2.24, 2.45) is 5.14 Å². The van der Waals surface area contributed by atoms with Crippen LogP contribution in [-0.4, -0.2) is 13.4 Å². The molecule has 2 rings (SSSR count). The zero-order chi connectivity index (χ0) is 10.3. The first-order valence-corrected chi connectivity index (χ1v) is 5.48. The lowest BCUT2D eigenvalue weighted by molar-refractivity contribution is 0.459. The first-order valence-electron chi connectivity index (χ1n) is 3.56. The van der Waals surface area contributed by atoms with Crippen molar-refractivity contribution in [2.75, 3.05) is 0 Å². The number of halogens is 1. The number of primary sulfonamides is 1. The van der Waals surface area contributed by atoms with Crippen LogP contribution >= 0.6 is 11.6 Å². The number of sulfonamides is 1. The van der Waals surface area contributed by atoms with Gasteiger partial charge in [-0.3, -0.25) is 0 Å². The number of benzene rings is 1. The van der Waals surface area contributed by atoms with Crippen LogP contribution < -0.4 is 5.14 Å². The summed E-state index contributed by atoms with van der Waals surface area (Å²) in [5, 5.41) is 4.79. The van der Waals surface area contributed by atoms with Gasteiger partial charge in [0.25, 0.3) is 10.0 Å². The Kier molecular flexibility index (Phi) is 1.99. The van der Waals surface area contributed by atoms with E-state index in [0.717, 1.165) is 0 Å². The molecule has 0 aliphatic carbocycles. The van der Waals surface area contributed by atoms with Crippen molar-refractivity contribution >= 4 is 32.7 Å². The van der Waals surface area contributed by atoms with Crippen LogP contribution in [0.4, 0.5) is 0 Å². The molecule has 0 bridgehead atoms. The monoisotopic (exact) mass is 232 g/mol. The van der Waals surface area contributed by atoms with Crippen molar-refractivity contribution < 1.29 is 12.8 Å². The summed E-state index contributed by atoms with van der Waals surface area (Å²) in [4.78, 5) is 3.68. The molecule has 0 unspecified atom stereocenters. The molecule has 0 aliphatic rings. The summed E-state index contributed by atoms with van der Waals surface area (Å²) >= 11 is 5.68. The van der Waals surface area contributed by atoms with Crippen molar-refractivity contribution in [3.8, 4) is 0 Å². The molecule has 7 heteroatoms. The third kappa shape index (κ3) is 1.59. The highest BCUT2D eigenvalue weighted by molar-refractivity contribution is 7.88. The fraction of sp³-hybridized carbons (Fsp3) is 0. The van der Waals surface area contributed by atoms with Gasteiger partial charge in [-0.25, -0.2) is 13.6 Å². The van der Waals surface area contributed by atoms with Crippen molar-refractivity contribution in [1.82, 2.24) is 4.98 Å². The van der Waals surface area contributed by atoms with Crippen molar-refractivity contribution in [1.29, 1.82) is 0 Å². The topological polar surface area (TPSA) is 86.2 Å². The van der Waals surface area contributed by atoms with Crippen molar-refractivity contribution in [3.05, 3.63) is 23.2 Å². The lowest BCUT2D eigenvalue weighted by Gasteiger charge is -1.86. The molecular weight excluding hydrogens is 228 g/mol. The second kappa shape index (κ2) is 2.94. The number of hydrogen-bond donors (Lipinski definition) is 1. The Hall–Kier alpha value is -1.11. The molecule has 0 aliphatic heterocycles. The van der Waals surface area contributed by atoms with Crippen molar-refractivity contribution in [3.63, 3.8) is 0 Å². The third-order valence-corrected chi connectivity index (χ3v) is 2.47. The van der Waals surface area contributed by atoms with Crippen LogP contribution in [0.25, 0.3) is 11.1 Å². The normalized spacial score (nSPS) is 12.1. The van der Waals surface area contributed by atoms with Crippen LogP contribution in [-0.2, 0) is 10.0 Å². The summed E-state index contributed by atoms with van der Waals surface area (Å²) in [7, 11) is -3.90. The number of aromatic nitrogens is 1. The van der Waals surface area contributed by atoms with E-state index in [2.05, 4.69) is 4.98 Å². The Morgan fingerprint density at radius 3 is 2.79 bits per heavy atom. The Morgan fingerprint density at radius 1 is 1.43 bits per heavy atom. The molecule has 0 radical (unpaired) electrons. The van der Waals surface area contributed by atoms with Crippen LogP contribution in [0.5, 0.6) is 0 Å². The van der Waals surface area contributed by atoms with E-state index in [0.29, 0.717) is 16.1 Å². The van der Waals surface area contributed by atoms with Gasteiger partial charge in [0.2, 0.25) is 0 Å². The molecule has 0 fully saturated rings. The van der Waals surface area contributed by atoms with Gasteiger partial charge in [-0.2, -0.15) is 4.98 Å². The molecule has 1 aromatic carbocycles. The van der Waals surface area contributed by atoms with E-state index in [1.807, 2.05) is 0 Å². The van der Waals surface area contributed by atoms with Gasteiger partial charge >= 0.3 is 5.22 Å². The van der Waals surface area contributed by atoms with E-state index in [1.165, 1.54) is 12.1 Å². The molecule has 0 amide bonds. The highest BCUT2D eigenvalue weighted by Gasteiger charge is 2.16. The lowest BCUT2D eigenvalue weighted by atomic mass is 10.3.